The van der Waals surface area contributed by atoms with Gasteiger partial charge in [0.05, 0.1) is 0 Å². The zero-order valence-electron chi connectivity index (χ0n) is 16.5. The molecular formula is C25H26N2OS. The highest BCUT2D eigenvalue weighted by atomic mass is 32.2. The molecule has 4 heteroatoms. The van der Waals surface area contributed by atoms with E-state index in [1.165, 1.54) is 21.6 Å². The molecule has 1 aliphatic heterocycles. The molecule has 0 bridgehead atoms. The quantitative estimate of drug-likeness (QED) is 0.456. The van der Waals surface area contributed by atoms with Gasteiger partial charge in [-0.2, -0.15) is 0 Å². The molecule has 1 heterocycles. The average molecular weight is 403 g/mol. The van der Waals surface area contributed by atoms with Gasteiger partial charge in [-0.1, -0.05) is 54.6 Å². The van der Waals surface area contributed by atoms with Gasteiger partial charge in [0.2, 0.25) is 0 Å². The Morgan fingerprint density at radius 3 is 2.41 bits per heavy atom. The summed E-state index contributed by atoms with van der Waals surface area (Å²) < 4.78 is 0. The minimum atomic E-state index is -0.00267. The van der Waals surface area contributed by atoms with Crippen molar-refractivity contribution in [3.63, 3.8) is 0 Å². The number of hydrogen-bond acceptors (Lipinski definition) is 3. The lowest BCUT2D eigenvalue weighted by Crippen LogP contribution is -2.30. The standard InChI is InChI=1S/C25H26N2OS/c28-25(26-15-17-29-24-8-2-1-3-9-24)22-12-10-20(11-13-22)18-27-16-14-21-6-4-5-7-23(21)19-27/h1-13H,14-19H2,(H,26,28). The largest absolute Gasteiger partial charge is 0.351 e. The monoisotopic (exact) mass is 402 g/mol. The van der Waals surface area contributed by atoms with Crippen molar-refractivity contribution in [2.24, 2.45) is 0 Å². The van der Waals surface area contributed by atoms with Crippen molar-refractivity contribution in [2.75, 3.05) is 18.8 Å². The third-order valence-corrected chi connectivity index (χ3v) is 6.25. The van der Waals surface area contributed by atoms with Crippen LogP contribution >= 0.6 is 11.8 Å². The summed E-state index contributed by atoms with van der Waals surface area (Å²) >= 11 is 1.75. The fraction of sp³-hybridized carbons (Fsp3) is 0.240. The Balaban J connectivity index is 1.24. The van der Waals surface area contributed by atoms with Gasteiger partial charge in [0.15, 0.2) is 0 Å². The highest BCUT2D eigenvalue weighted by molar-refractivity contribution is 7.99. The summed E-state index contributed by atoms with van der Waals surface area (Å²) in [5, 5.41) is 3.01. The lowest BCUT2D eigenvalue weighted by Gasteiger charge is -2.28. The maximum Gasteiger partial charge on any atom is 0.251 e. The molecule has 3 aromatic rings. The summed E-state index contributed by atoms with van der Waals surface area (Å²) in [4.78, 5) is 16.1. The third kappa shape index (κ3) is 5.49. The average Bonchev–Trinajstić information content (AvgIpc) is 2.78. The molecule has 3 aromatic carbocycles. The maximum absolute atomic E-state index is 12.4. The minimum absolute atomic E-state index is 0.00267. The molecule has 0 aromatic heterocycles. The molecule has 1 N–H and O–H groups in total. The van der Waals surface area contributed by atoms with Crippen LogP contribution in [0, 0.1) is 0 Å². The van der Waals surface area contributed by atoms with Crippen LogP contribution in [0.25, 0.3) is 0 Å². The van der Waals surface area contributed by atoms with Gasteiger partial charge < -0.3 is 5.32 Å². The predicted octanol–water partition coefficient (Wildman–Crippen LogP) is 4.77. The Labute approximate surface area is 177 Å². The summed E-state index contributed by atoms with van der Waals surface area (Å²) in [6.07, 6.45) is 1.11. The number of nitrogens with zero attached hydrogens (tertiary/aromatic N) is 1. The minimum Gasteiger partial charge on any atom is -0.351 e. The molecule has 1 amide bonds. The van der Waals surface area contributed by atoms with E-state index >= 15 is 0 Å². The van der Waals surface area contributed by atoms with Gasteiger partial charge in [-0.15, -0.1) is 11.8 Å². The van der Waals surface area contributed by atoms with Crippen molar-refractivity contribution < 1.29 is 4.79 Å². The van der Waals surface area contributed by atoms with Crippen LogP contribution in [0.15, 0.2) is 83.8 Å². The fourth-order valence-corrected chi connectivity index (χ4v) is 4.45. The first-order valence-corrected chi connectivity index (χ1v) is 11.1. The van der Waals surface area contributed by atoms with Gasteiger partial charge in [0.1, 0.15) is 0 Å². The van der Waals surface area contributed by atoms with E-state index < -0.39 is 0 Å². The molecule has 0 radical (unpaired) electrons. The van der Waals surface area contributed by atoms with Crippen LogP contribution in [0.2, 0.25) is 0 Å². The Kier molecular flexibility index (Phi) is 6.65. The molecule has 4 rings (SSSR count). The van der Waals surface area contributed by atoms with Crippen LogP contribution in [0.1, 0.15) is 27.0 Å². The Bertz CT molecular complexity index is 941. The normalized spacial score (nSPS) is 13.7. The summed E-state index contributed by atoms with van der Waals surface area (Å²) in [6.45, 7) is 3.66. The molecule has 3 nitrogen and oxygen atoms in total. The van der Waals surface area contributed by atoms with Crippen LogP contribution < -0.4 is 5.32 Å². The van der Waals surface area contributed by atoms with Crippen molar-refractivity contribution in [1.82, 2.24) is 10.2 Å². The molecule has 0 unspecified atom stereocenters. The number of carbonyl (C=O) groups excluding carboxylic acids is 1. The van der Waals surface area contributed by atoms with Crippen molar-refractivity contribution in [2.45, 2.75) is 24.4 Å². The number of hydrogen-bond donors (Lipinski definition) is 1. The van der Waals surface area contributed by atoms with E-state index in [1.807, 2.05) is 30.3 Å². The van der Waals surface area contributed by atoms with E-state index in [9.17, 15) is 4.79 Å². The molecule has 0 aliphatic carbocycles. The van der Waals surface area contributed by atoms with E-state index in [1.54, 1.807) is 11.8 Å². The highest BCUT2D eigenvalue weighted by Gasteiger charge is 2.15. The number of benzene rings is 3. The third-order valence-electron chi connectivity index (χ3n) is 5.23. The molecule has 0 saturated heterocycles. The van der Waals surface area contributed by atoms with Gasteiger partial charge >= 0.3 is 0 Å². The number of thioether (sulfide) groups is 1. The van der Waals surface area contributed by atoms with Crippen LogP contribution in [0.3, 0.4) is 0 Å². The molecular weight excluding hydrogens is 376 g/mol. The summed E-state index contributed by atoms with van der Waals surface area (Å²) in [7, 11) is 0. The van der Waals surface area contributed by atoms with Crippen LogP contribution in [0.5, 0.6) is 0 Å². The first-order chi connectivity index (χ1) is 14.3. The second kappa shape index (κ2) is 9.77. The van der Waals surface area contributed by atoms with Crippen LogP contribution in [-0.4, -0.2) is 29.6 Å². The fourth-order valence-electron chi connectivity index (χ4n) is 3.66. The van der Waals surface area contributed by atoms with Crippen LogP contribution in [-0.2, 0) is 19.5 Å². The van der Waals surface area contributed by atoms with E-state index in [2.05, 4.69) is 58.7 Å². The second-order valence-electron chi connectivity index (χ2n) is 7.34. The zero-order chi connectivity index (χ0) is 19.9. The second-order valence-corrected chi connectivity index (χ2v) is 8.51. The Morgan fingerprint density at radius 1 is 0.897 bits per heavy atom. The lowest BCUT2D eigenvalue weighted by atomic mass is 9.99. The van der Waals surface area contributed by atoms with Gasteiger partial charge in [-0.05, 0) is 47.4 Å². The highest BCUT2D eigenvalue weighted by Crippen LogP contribution is 2.20. The van der Waals surface area contributed by atoms with Crippen molar-refractivity contribution in [3.05, 3.63) is 101 Å². The van der Waals surface area contributed by atoms with Gasteiger partial charge in [0.25, 0.3) is 5.91 Å². The molecule has 0 atom stereocenters. The summed E-state index contributed by atoms with van der Waals surface area (Å²) in [5.41, 5.74) is 4.88. The van der Waals surface area contributed by atoms with Crippen molar-refractivity contribution in [1.29, 1.82) is 0 Å². The first-order valence-electron chi connectivity index (χ1n) is 10.1. The van der Waals surface area contributed by atoms with E-state index in [0.717, 1.165) is 37.4 Å². The Hall–Kier alpha value is -2.56. The predicted molar refractivity (Wildman–Crippen MR) is 120 cm³/mol. The smallest absolute Gasteiger partial charge is 0.251 e. The SMILES string of the molecule is O=C(NCCSc1ccccc1)c1ccc(CN2CCc3ccccc3C2)cc1. The van der Waals surface area contributed by atoms with Crippen molar-refractivity contribution >= 4 is 17.7 Å². The summed E-state index contributed by atoms with van der Waals surface area (Å²) in [5.74, 6) is 0.863. The van der Waals surface area contributed by atoms with E-state index in [4.69, 9.17) is 0 Å². The number of amides is 1. The molecule has 29 heavy (non-hydrogen) atoms. The summed E-state index contributed by atoms with van der Waals surface area (Å²) in [6, 6.07) is 27.0. The molecule has 0 spiro atoms. The molecule has 148 valence electrons. The lowest BCUT2D eigenvalue weighted by molar-refractivity contribution is 0.0956. The van der Waals surface area contributed by atoms with Crippen LogP contribution in [0.4, 0.5) is 0 Å². The topological polar surface area (TPSA) is 32.3 Å². The molecule has 1 aliphatic rings. The van der Waals surface area contributed by atoms with Gasteiger partial charge in [0, 0.05) is 42.4 Å². The van der Waals surface area contributed by atoms with E-state index in [0.29, 0.717) is 6.54 Å². The molecule has 0 fully saturated rings. The Morgan fingerprint density at radius 2 is 1.62 bits per heavy atom. The maximum atomic E-state index is 12.4. The van der Waals surface area contributed by atoms with E-state index in [-0.39, 0.29) is 5.91 Å². The number of fused-ring (bicyclic) bond motifs is 1. The van der Waals surface area contributed by atoms with Gasteiger partial charge in [-0.3, -0.25) is 9.69 Å². The molecule has 0 saturated carbocycles. The number of rotatable bonds is 7. The van der Waals surface area contributed by atoms with Crippen molar-refractivity contribution in [3.8, 4) is 0 Å². The first kappa shape index (κ1) is 19.7. The zero-order valence-corrected chi connectivity index (χ0v) is 17.3. The van der Waals surface area contributed by atoms with Gasteiger partial charge in [-0.25, -0.2) is 0 Å². The number of nitrogens with one attached hydrogen (secondary N) is 1. The number of carbonyl (C=O) groups is 1.